The topological polar surface area (TPSA) is 93.1 Å². The van der Waals surface area contributed by atoms with Crippen LogP contribution in [0.1, 0.15) is 66.2 Å². The Morgan fingerprint density at radius 3 is 2.75 bits per heavy atom. The van der Waals surface area contributed by atoms with Gasteiger partial charge in [-0.25, -0.2) is 9.59 Å². The maximum absolute atomic E-state index is 12.5. The summed E-state index contributed by atoms with van der Waals surface area (Å²) in [5.74, 6) is -0.684. The second-order valence-electron chi connectivity index (χ2n) is 10.3. The lowest BCUT2D eigenvalue weighted by molar-refractivity contribution is -0.263. The van der Waals surface area contributed by atoms with E-state index in [1.54, 1.807) is 26.0 Å². The first-order valence-electron chi connectivity index (χ1n) is 11.7. The van der Waals surface area contributed by atoms with Gasteiger partial charge in [-0.1, -0.05) is 26.3 Å². The average Bonchev–Trinajstić information content (AvgIpc) is 3.19. The minimum atomic E-state index is -1.34. The minimum Gasteiger partial charge on any atom is -0.462 e. The molecule has 2 fully saturated rings. The Labute approximate surface area is 196 Å². The monoisotopic (exact) mass is 468 g/mol. The summed E-state index contributed by atoms with van der Waals surface area (Å²) in [6.07, 6.45) is 6.46. The first-order chi connectivity index (χ1) is 15.0. The normalized spacial score (nSPS) is 39.8. The van der Waals surface area contributed by atoms with E-state index in [-0.39, 0.29) is 35.7 Å². The van der Waals surface area contributed by atoms with Gasteiger partial charge < -0.3 is 19.7 Å². The van der Waals surface area contributed by atoms with Crippen molar-refractivity contribution in [2.75, 3.05) is 19.1 Å². The van der Waals surface area contributed by atoms with Crippen molar-refractivity contribution in [3.8, 4) is 0 Å². The van der Waals surface area contributed by atoms with Crippen molar-refractivity contribution in [1.29, 1.82) is 0 Å². The van der Waals surface area contributed by atoms with Crippen LogP contribution in [-0.2, 0) is 19.1 Å². The summed E-state index contributed by atoms with van der Waals surface area (Å²) in [5, 5.41) is 23.2. The van der Waals surface area contributed by atoms with Gasteiger partial charge in [0.25, 0.3) is 0 Å². The third kappa shape index (κ3) is 4.14. The Hall–Kier alpha value is -1.37. The van der Waals surface area contributed by atoms with Crippen LogP contribution in [0.15, 0.2) is 23.3 Å². The van der Waals surface area contributed by atoms with Crippen LogP contribution in [0, 0.1) is 22.7 Å². The number of esters is 2. The molecule has 0 unspecified atom stereocenters. The van der Waals surface area contributed by atoms with E-state index in [4.69, 9.17) is 21.1 Å². The highest BCUT2D eigenvalue weighted by Gasteiger charge is 2.68. The number of aliphatic hydroxyl groups excluding tert-OH is 1. The molecule has 0 amide bonds. The predicted molar refractivity (Wildman–Crippen MR) is 122 cm³/mol. The molecule has 1 aliphatic heterocycles. The van der Waals surface area contributed by atoms with Crippen LogP contribution >= 0.6 is 11.6 Å². The molecule has 0 saturated heterocycles. The molecule has 0 aromatic heterocycles. The quantitative estimate of drug-likeness (QED) is 0.334. The molecular weight excluding hydrogens is 432 g/mol. The smallest absolute Gasteiger partial charge is 0.333 e. The van der Waals surface area contributed by atoms with Crippen LogP contribution in [-0.4, -0.2) is 53.0 Å². The zero-order chi connectivity index (χ0) is 23.7. The van der Waals surface area contributed by atoms with E-state index in [9.17, 15) is 19.8 Å². The average molecular weight is 469 g/mol. The van der Waals surface area contributed by atoms with Gasteiger partial charge in [-0.2, -0.15) is 0 Å². The summed E-state index contributed by atoms with van der Waals surface area (Å²) in [4.78, 5) is 24.0. The molecule has 0 radical (unpaired) electrons. The SMILES string of the molecule is C/C=C(\C)C(=O)OC[C@@]12[C@H](CCC[C@]1(O)CCl)[C@@](C)(CCC1=CC(=O)OC1)[C@H](C)C[C@@H]2O. The molecule has 2 aliphatic carbocycles. The van der Waals surface area contributed by atoms with Crippen LogP contribution < -0.4 is 0 Å². The van der Waals surface area contributed by atoms with Gasteiger partial charge in [-0.15, -0.1) is 11.6 Å². The Bertz CT molecular complexity index is 806. The lowest BCUT2D eigenvalue weighted by atomic mass is 9.42. The molecule has 7 heteroatoms. The molecule has 0 aromatic rings. The lowest BCUT2D eigenvalue weighted by Gasteiger charge is -2.65. The number of allylic oxidation sites excluding steroid dienone is 1. The molecule has 3 rings (SSSR count). The van der Waals surface area contributed by atoms with Crippen LogP contribution in [0.3, 0.4) is 0 Å². The lowest BCUT2D eigenvalue weighted by Crippen LogP contribution is -2.70. The molecule has 3 aliphatic rings. The van der Waals surface area contributed by atoms with Crippen molar-refractivity contribution >= 4 is 23.5 Å². The summed E-state index contributed by atoms with van der Waals surface area (Å²) in [6.45, 7) is 8.07. The van der Waals surface area contributed by atoms with Crippen molar-refractivity contribution in [2.45, 2.75) is 77.9 Å². The summed E-state index contributed by atoms with van der Waals surface area (Å²) in [6, 6.07) is 0. The zero-order valence-electron chi connectivity index (χ0n) is 19.7. The van der Waals surface area contributed by atoms with Crippen LogP contribution in [0.4, 0.5) is 0 Å². The van der Waals surface area contributed by atoms with Crippen molar-refractivity contribution in [3.63, 3.8) is 0 Å². The van der Waals surface area contributed by atoms with E-state index < -0.39 is 23.1 Å². The Morgan fingerprint density at radius 1 is 1.44 bits per heavy atom. The van der Waals surface area contributed by atoms with E-state index in [0.717, 1.165) is 24.8 Å². The maximum atomic E-state index is 12.5. The van der Waals surface area contributed by atoms with Gasteiger partial charge in [0.2, 0.25) is 0 Å². The fourth-order valence-corrected chi connectivity index (χ4v) is 6.76. The molecule has 2 saturated carbocycles. The number of halogens is 1. The number of rotatable bonds is 7. The van der Waals surface area contributed by atoms with Crippen LogP contribution in [0.5, 0.6) is 0 Å². The second-order valence-corrected chi connectivity index (χ2v) is 10.5. The fraction of sp³-hybridized carbons (Fsp3) is 0.760. The highest BCUT2D eigenvalue weighted by Crippen LogP contribution is 2.65. The van der Waals surface area contributed by atoms with E-state index in [0.29, 0.717) is 31.4 Å². The van der Waals surface area contributed by atoms with E-state index in [2.05, 4.69) is 13.8 Å². The molecule has 2 N–H and O–H groups in total. The van der Waals surface area contributed by atoms with Gasteiger partial charge in [-0.3, -0.25) is 0 Å². The van der Waals surface area contributed by atoms with Crippen molar-refractivity contribution < 1.29 is 29.3 Å². The van der Waals surface area contributed by atoms with E-state index >= 15 is 0 Å². The highest BCUT2D eigenvalue weighted by atomic mass is 35.5. The summed E-state index contributed by atoms with van der Waals surface area (Å²) in [5.41, 5.74) is -1.17. The summed E-state index contributed by atoms with van der Waals surface area (Å²) >= 11 is 6.35. The summed E-state index contributed by atoms with van der Waals surface area (Å²) < 4.78 is 10.8. The first-order valence-corrected chi connectivity index (χ1v) is 12.2. The van der Waals surface area contributed by atoms with Crippen LogP contribution in [0.25, 0.3) is 0 Å². The van der Waals surface area contributed by atoms with E-state index in [1.165, 1.54) is 0 Å². The number of fused-ring (bicyclic) bond motifs is 1. The van der Waals surface area contributed by atoms with Gasteiger partial charge in [0, 0.05) is 11.6 Å². The van der Waals surface area contributed by atoms with E-state index in [1.807, 2.05) is 0 Å². The van der Waals surface area contributed by atoms with Gasteiger partial charge in [0.1, 0.15) is 13.2 Å². The summed E-state index contributed by atoms with van der Waals surface area (Å²) in [7, 11) is 0. The first kappa shape index (κ1) is 25.3. The van der Waals surface area contributed by atoms with Gasteiger partial charge >= 0.3 is 11.9 Å². The maximum Gasteiger partial charge on any atom is 0.333 e. The van der Waals surface area contributed by atoms with Crippen molar-refractivity contribution in [1.82, 2.24) is 0 Å². The number of cyclic esters (lactones) is 1. The van der Waals surface area contributed by atoms with Crippen molar-refractivity contribution in [3.05, 3.63) is 23.3 Å². The highest BCUT2D eigenvalue weighted by molar-refractivity contribution is 6.18. The standard InChI is InChI=1S/C25H37ClO6/c1-5-16(2)22(29)32-15-25-19(7-6-9-24(25,30)14-26)23(4,17(3)11-20(25)27)10-8-18-12-21(28)31-13-18/h5,12,17,19-20,27,30H,6-11,13-15H2,1-4H3/b16-5+/t17-,19-,20+,23+,24+,25+/m1/s1. The van der Waals surface area contributed by atoms with Gasteiger partial charge in [0.15, 0.2) is 0 Å². The number of alkyl halides is 1. The molecule has 32 heavy (non-hydrogen) atoms. The number of ether oxygens (including phenoxy) is 2. The number of hydrogen-bond donors (Lipinski definition) is 2. The zero-order valence-corrected chi connectivity index (χ0v) is 20.4. The molecule has 0 bridgehead atoms. The van der Waals surface area contributed by atoms with Gasteiger partial charge in [-0.05, 0) is 68.8 Å². The Balaban J connectivity index is 1.98. The molecule has 180 valence electrons. The number of aliphatic hydroxyl groups is 2. The molecule has 0 spiro atoms. The third-order valence-electron chi connectivity index (χ3n) is 8.79. The predicted octanol–water partition coefficient (Wildman–Crippen LogP) is 3.92. The Kier molecular flexibility index (Phi) is 7.48. The molecule has 0 aromatic carbocycles. The fourth-order valence-electron chi connectivity index (χ4n) is 6.38. The molecule has 1 heterocycles. The molecule has 6 atom stereocenters. The third-order valence-corrected chi connectivity index (χ3v) is 9.23. The number of carbonyl (C=O) groups excluding carboxylic acids is 2. The second kappa shape index (κ2) is 9.47. The number of hydrogen-bond acceptors (Lipinski definition) is 6. The molecular formula is C25H37ClO6. The Morgan fingerprint density at radius 2 is 2.16 bits per heavy atom. The minimum absolute atomic E-state index is 0.0291. The largest absolute Gasteiger partial charge is 0.462 e. The van der Waals surface area contributed by atoms with Gasteiger partial charge in [0.05, 0.1) is 23.0 Å². The number of carbonyl (C=O) groups is 2. The van der Waals surface area contributed by atoms with Crippen LogP contribution in [0.2, 0.25) is 0 Å². The van der Waals surface area contributed by atoms with Crippen molar-refractivity contribution in [2.24, 2.45) is 22.7 Å². The molecule has 6 nitrogen and oxygen atoms in total.